The molecule has 0 saturated carbocycles. The zero-order valence-corrected chi connectivity index (χ0v) is 8.19. The molecule has 0 aliphatic heterocycles. The highest BCUT2D eigenvalue weighted by atomic mass is 16.5. The Morgan fingerprint density at radius 2 is 2.36 bits per heavy atom. The van der Waals surface area contributed by atoms with E-state index in [0.717, 1.165) is 17.8 Å². The molecule has 0 bridgehead atoms. The molecule has 0 unspecified atom stereocenters. The SMILES string of the molecule is CNCc1ccc2c(OC)ncnn12. The summed E-state index contributed by atoms with van der Waals surface area (Å²) in [6, 6.07) is 3.95. The summed E-state index contributed by atoms with van der Waals surface area (Å²) < 4.78 is 6.95. The molecule has 0 fully saturated rings. The average Bonchev–Trinajstić information content (AvgIpc) is 2.62. The van der Waals surface area contributed by atoms with Gasteiger partial charge in [0.2, 0.25) is 5.88 Å². The average molecular weight is 192 g/mol. The Hall–Kier alpha value is -1.62. The predicted octanol–water partition coefficient (Wildman–Crippen LogP) is 0.457. The standard InChI is InChI=1S/C9H12N4O/c1-10-5-7-3-4-8-9(14-2)11-6-12-13(7)8/h3-4,6,10H,5H2,1-2H3. The predicted molar refractivity (Wildman–Crippen MR) is 52.3 cm³/mol. The summed E-state index contributed by atoms with van der Waals surface area (Å²) in [4.78, 5) is 4.02. The van der Waals surface area contributed by atoms with Gasteiger partial charge in [0.25, 0.3) is 0 Å². The summed E-state index contributed by atoms with van der Waals surface area (Å²) in [7, 11) is 3.50. The Labute approximate surface area is 81.7 Å². The van der Waals surface area contributed by atoms with Crippen LogP contribution in [-0.2, 0) is 6.54 Å². The van der Waals surface area contributed by atoms with Crippen LogP contribution in [0.25, 0.3) is 5.52 Å². The highest BCUT2D eigenvalue weighted by molar-refractivity contribution is 5.56. The number of methoxy groups -OCH3 is 1. The van der Waals surface area contributed by atoms with Crippen molar-refractivity contribution >= 4 is 5.52 Å². The number of fused-ring (bicyclic) bond motifs is 1. The molecule has 0 aromatic carbocycles. The van der Waals surface area contributed by atoms with Crippen molar-refractivity contribution in [2.24, 2.45) is 0 Å². The normalized spacial score (nSPS) is 10.7. The zero-order chi connectivity index (χ0) is 9.97. The van der Waals surface area contributed by atoms with E-state index in [1.807, 2.05) is 23.7 Å². The molecule has 0 spiro atoms. The van der Waals surface area contributed by atoms with Gasteiger partial charge in [0.15, 0.2) is 0 Å². The molecule has 2 rings (SSSR count). The second-order valence-corrected chi connectivity index (χ2v) is 2.92. The first-order chi connectivity index (χ1) is 6.86. The monoisotopic (exact) mass is 192 g/mol. The Morgan fingerprint density at radius 3 is 3.07 bits per heavy atom. The van der Waals surface area contributed by atoms with Crippen molar-refractivity contribution in [1.29, 1.82) is 0 Å². The maximum absolute atomic E-state index is 5.13. The van der Waals surface area contributed by atoms with Crippen LogP contribution in [0.1, 0.15) is 5.69 Å². The zero-order valence-electron chi connectivity index (χ0n) is 8.19. The van der Waals surface area contributed by atoms with Crippen molar-refractivity contribution in [1.82, 2.24) is 19.9 Å². The third-order valence-electron chi connectivity index (χ3n) is 2.05. The summed E-state index contributed by atoms with van der Waals surface area (Å²) in [6.45, 7) is 0.772. The second-order valence-electron chi connectivity index (χ2n) is 2.92. The molecule has 14 heavy (non-hydrogen) atoms. The molecule has 2 aromatic rings. The molecule has 0 aliphatic carbocycles. The molecule has 0 atom stereocenters. The van der Waals surface area contributed by atoms with Gasteiger partial charge in [0, 0.05) is 6.54 Å². The van der Waals surface area contributed by atoms with E-state index < -0.39 is 0 Å². The molecule has 5 nitrogen and oxygen atoms in total. The fraction of sp³-hybridized carbons (Fsp3) is 0.333. The van der Waals surface area contributed by atoms with E-state index in [0.29, 0.717) is 5.88 Å². The Balaban J connectivity index is 2.57. The molecule has 74 valence electrons. The van der Waals surface area contributed by atoms with Gasteiger partial charge in [-0.2, -0.15) is 10.1 Å². The van der Waals surface area contributed by atoms with E-state index in [9.17, 15) is 0 Å². The van der Waals surface area contributed by atoms with Crippen molar-refractivity contribution in [3.05, 3.63) is 24.2 Å². The summed E-state index contributed by atoms with van der Waals surface area (Å²) in [6.07, 6.45) is 1.49. The number of hydrogen-bond donors (Lipinski definition) is 1. The van der Waals surface area contributed by atoms with Gasteiger partial charge in [-0.05, 0) is 19.2 Å². The lowest BCUT2D eigenvalue weighted by atomic mass is 10.4. The number of ether oxygens (including phenoxy) is 1. The van der Waals surface area contributed by atoms with Crippen LogP contribution in [0.2, 0.25) is 0 Å². The van der Waals surface area contributed by atoms with Crippen LogP contribution in [0, 0.1) is 0 Å². The molecular formula is C9H12N4O. The van der Waals surface area contributed by atoms with Gasteiger partial charge in [0.05, 0.1) is 12.8 Å². The molecule has 1 N–H and O–H groups in total. The largest absolute Gasteiger partial charge is 0.479 e. The number of aromatic nitrogens is 3. The Bertz CT molecular complexity index is 437. The minimum atomic E-state index is 0.599. The summed E-state index contributed by atoms with van der Waals surface area (Å²) in [5.41, 5.74) is 1.98. The number of rotatable bonds is 3. The van der Waals surface area contributed by atoms with Crippen molar-refractivity contribution in [2.45, 2.75) is 6.54 Å². The van der Waals surface area contributed by atoms with Crippen LogP contribution in [0.15, 0.2) is 18.5 Å². The fourth-order valence-corrected chi connectivity index (χ4v) is 1.44. The third-order valence-corrected chi connectivity index (χ3v) is 2.05. The van der Waals surface area contributed by atoms with Gasteiger partial charge in [-0.25, -0.2) is 4.52 Å². The molecule has 2 aromatic heterocycles. The molecule has 0 amide bonds. The van der Waals surface area contributed by atoms with Crippen LogP contribution in [-0.4, -0.2) is 28.8 Å². The molecule has 0 saturated heterocycles. The third kappa shape index (κ3) is 1.31. The smallest absolute Gasteiger partial charge is 0.241 e. The number of nitrogens with zero attached hydrogens (tertiary/aromatic N) is 3. The van der Waals surface area contributed by atoms with Gasteiger partial charge in [-0.3, -0.25) is 0 Å². The molecule has 0 radical (unpaired) electrons. The van der Waals surface area contributed by atoms with Gasteiger partial charge in [-0.15, -0.1) is 0 Å². The fourth-order valence-electron chi connectivity index (χ4n) is 1.44. The van der Waals surface area contributed by atoms with Gasteiger partial charge < -0.3 is 10.1 Å². The van der Waals surface area contributed by atoms with E-state index >= 15 is 0 Å². The van der Waals surface area contributed by atoms with E-state index in [4.69, 9.17) is 4.74 Å². The highest BCUT2D eigenvalue weighted by Crippen LogP contribution is 2.17. The Morgan fingerprint density at radius 1 is 1.50 bits per heavy atom. The van der Waals surface area contributed by atoms with Gasteiger partial charge in [0.1, 0.15) is 11.8 Å². The van der Waals surface area contributed by atoms with Crippen LogP contribution in [0.3, 0.4) is 0 Å². The van der Waals surface area contributed by atoms with E-state index in [1.54, 1.807) is 7.11 Å². The number of nitrogens with one attached hydrogen (secondary N) is 1. The maximum Gasteiger partial charge on any atom is 0.241 e. The topological polar surface area (TPSA) is 51.5 Å². The van der Waals surface area contributed by atoms with Gasteiger partial charge in [-0.1, -0.05) is 0 Å². The Kier molecular flexibility index (Phi) is 2.32. The van der Waals surface area contributed by atoms with Crippen LogP contribution in [0.5, 0.6) is 5.88 Å². The van der Waals surface area contributed by atoms with E-state index in [2.05, 4.69) is 15.4 Å². The lowest BCUT2D eigenvalue weighted by molar-refractivity contribution is 0.398. The van der Waals surface area contributed by atoms with Crippen molar-refractivity contribution in [3.63, 3.8) is 0 Å². The lowest BCUT2D eigenvalue weighted by Crippen LogP contribution is -2.09. The maximum atomic E-state index is 5.13. The summed E-state index contributed by atoms with van der Waals surface area (Å²) in [5.74, 6) is 0.599. The van der Waals surface area contributed by atoms with Crippen molar-refractivity contribution in [2.75, 3.05) is 14.2 Å². The molecular weight excluding hydrogens is 180 g/mol. The van der Waals surface area contributed by atoms with Crippen LogP contribution < -0.4 is 10.1 Å². The summed E-state index contributed by atoms with van der Waals surface area (Å²) >= 11 is 0. The lowest BCUT2D eigenvalue weighted by Gasteiger charge is -2.02. The first-order valence-corrected chi connectivity index (χ1v) is 4.37. The summed E-state index contributed by atoms with van der Waals surface area (Å²) in [5, 5.41) is 7.23. The van der Waals surface area contributed by atoms with Crippen LogP contribution in [0.4, 0.5) is 0 Å². The van der Waals surface area contributed by atoms with E-state index in [-0.39, 0.29) is 0 Å². The van der Waals surface area contributed by atoms with E-state index in [1.165, 1.54) is 6.33 Å². The van der Waals surface area contributed by atoms with Crippen LogP contribution >= 0.6 is 0 Å². The minimum absolute atomic E-state index is 0.599. The molecule has 2 heterocycles. The molecule has 5 heteroatoms. The quantitative estimate of drug-likeness (QED) is 0.767. The first-order valence-electron chi connectivity index (χ1n) is 4.37. The first kappa shape index (κ1) is 8.96. The van der Waals surface area contributed by atoms with Crippen molar-refractivity contribution in [3.8, 4) is 5.88 Å². The molecule has 0 aliphatic rings. The van der Waals surface area contributed by atoms with Crippen molar-refractivity contribution < 1.29 is 4.74 Å². The van der Waals surface area contributed by atoms with Gasteiger partial charge >= 0.3 is 0 Å². The highest BCUT2D eigenvalue weighted by Gasteiger charge is 2.06. The number of hydrogen-bond acceptors (Lipinski definition) is 4. The second kappa shape index (κ2) is 3.63. The minimum Gasteiger partial charge on any atom is -0.479 e.